The van der Waals surface area contributed by atoms with E-state index in [1.165, 1.54) is 29.5 Å². The maximum Gasteiger partial charge on any atom is 0.335 e. The van der Waals surface area contributed by atoms with E-state index in [-0.39, 0.29) is 16.3 Å². The van der Waals surface area contributed by atoms with E-state index >= 15 is 0 Å². The molecule has 1 heterocycles. The second-order valence-electron chi connectivity index (χ2n) is 4.00. The number of anilines is 1. The van der Waals surface area contributed by atoms with Crippen LogP contribution in [0, 0.1) is 0 Å². The van der Waals surface area contributed by atoms with Gasteiger partial charge in [-0.3, -0.25) is 0 Å². The van der Waals surface area contributed by atoms with Crippen molar-refractivity contribution in [1.82, 2.24) is 5.32 Å². The molecule has 110 valence electrons. The number of aromatic carboxylic acids is 1. The molecule has 0 fully saturated rings. The van der Waals surface area contributed by atoms with Gasteiger partial charge >= 0.3 is 12.0 Å². The van der Waals surface area contributed by atoms with Crippen molar-refractivity contribution in [3.05, 3.63) is 49.6 Å². The third-order valence-electron chi connectivity index (χ3n) is 2.56. The van der Waals surface area contributed by atoms with Gasteiger partial charge in [-0.1, -0.05) is 11.6 Å². The fourth-order valence-electron chi connectivity index (χ4n) is 1.53. The third-order valence-corrected chi connectivity index (χ3v) is 4.82. The molecule has 2 aromatic rings. The second kappa shape index (κ2) is 6.93. The van der Waals surface area contributed by atoms with Crippen LogP contribution in [0.15, 0.2) is 34.1 Å². The average molecular weight is 390 g/mol. The molecule has 0 saturated carbocycles. The fraction of sp³-hybridized carbons (Fsp3) is 0.0769. The molecule has 1 aromatic carbocycles. The van der Waals surface area contributed by atoms with Crippen LogP contribution < -0.4 is 10.6 Å². The number of rotatable bonds is 4. The lowest BCUT2D eigenvalue weighted by atomic mass is 10.2. The maximum absolute atomic E-state index is 11.8. The Morgan fingerprint density at radius 2 is 2.10 bits per heavy atom. The minimum atomic E-state index is -1.09. The minimum absolute atomic E-state index is 0.0516. The molecule has 0 radical (unpaired) electrons. The van der Waals surface area contributed by atoms with Gasteiger partial charge in [-0.15, -0.1) is 11.3 Å². The highest BCUT2D eigenvalue weighted by atomic mass is 79.9. The highest BCUT2D eigenvalue weighted by Gasteiger charge is 2.10. The smallest absolute Gasteiger partial charge is 0.335 e. The standard InChI is InChI=1S/C13H10BrClN2O3S/c14-8-3-4-21-11(8)6-16-13(20)17-10-5-7(12(18)19)1-2-9(10)15/h1-5H,6H2,(H,18,19)(H2,16,17,20). The number of amides is 2. The van der Waals surface area contributed by atoms with Crippen LogP contribution in [0.25, 0.3) is 0 Å². The largest absolute Gasteiger partial charge is 0.478 e. The molecule has 2 rings (SSSR count). The molecule has 0 spiro atoms. The number of hydrogen-bond donors (Lipinski definition) is 3. The first-order valence-corrected chi connectivity index (χ1v) is 7.82. The van der Waals surface area contributed by atoms with Gasteiger partial charge in [0.1, 0.15) is 0 Å². The van der Waals surface area contributed by atoms with Crippen molar-refractivity contribution in [2.45, 2.75) is 6.54 Å². The summed E-state index contributed by atoms with van der Waals surface area (Å²) < 4.78 is 0.929. The van der Waals surface area contributed by atoms with Crippen molar-refractivity contribution in [3.8, 4) is 0 Å². The Labute approximate surface area is 138 Å². The summed E-state index contributed by atoms with van der Waals surface area (Å²) >= 11 is 10.8. The zero-order valence-electron chi connectivity index (χ0n) is 10.5. The van der Waals surface area contributed by atoms with E-state index in [1.807, 2.05) is 11.4 Å². The topological polar surface area (TPSA) is 78.4 Å². The van der Waals surface area contributed by atoms with Gasteiger partial charge in [0.25, 0.3) is 0 Å². The fourth-order valence-corrected chi connectivity index (χ4v) is 3.13. The quantitative estimate of drug-likeness (QED) is 0.734. The van der Waals surface area contributed by atoms with Crippen molar-refractivity contribution >= 4 is 56.6 Å². The molecular weight excluding hydrogens is 380 g/mol. The van der Waals surface area contributed by atoms with Crippen molar-refractivity contribution < 1.29 is 14.7 Å². The zero-order valence-corrected chi connectivity index (χ0v) is 13.7. The number of carbonyl (C=O) groups excluding carboxylic acids is 1. The van der Waals surface area contributed by atoms with Gasteiger partial charge in [0.05, 0.1) is 22.8 Å². The number of carboxylic acids is 1. The van der Waals surface area contributed by atoms with E-state index in [0.29, 0.717) is 6.54 Å². The van der Waals surface area contributed by atoms with Crippen molar-refractivity contribution in [2.24, 2.45) is 0 Å². The van der Waals surface area contributed by atoms with Crippen LogP contribution in [-0.4, -0.2) is 17.1 Å². The molecule has 0 aliphatic heterocycles. The van der Waals surface area contributed by atoms with Crippen molar-refractivity contribution in [1.29, 1.82) is 0 Å². The van der Waals surface area contributed by atoms with E-state index < -0.39 is 12.0 Å². The van der Waals surface area contributed by atoms with E-state index in [9.17, 15) is 9.59 Å². The summed E-state index contributed by atoms with van der Waals surface area (Å²) in [5.74, 6) is -1.09. The number of nitrogens with one attached hydrogen (secondary N) is 2. The van der Waals surface area contributed by atoms with Crippen LogP contribution >= 0.6 is 38.9 Å². The number of carboxylic acid groups (broad SMARTS) is 1. The van der Waals surface area contributed by atoms with Crippen LogP contribution in [0.2, 0.25) is 5.02 Å². The SMILES string of the molecule is O=C(NCc1sccc1Br)Nc1cc(C(=O)O)ccc1Cl. The molecule has 3 N–H and O–H groups in total. The van der Waals surface area contributed by atoms with Crippen molar-refractivity contribution in [2.75, 3.05) is 5.32 Å². The van der Waals surface area contributed by atoms with Crippen LogP contribution in [0.1, 0.15) is 15.2 Å². The molecule has 21 heavy (non-hydrogen) atoms. The molecule has 0 unspecified atom stereocenters. The number of hydrogen-bond acceptors (Lipinski definition) is 3. The molecule has 2 amide bonds. The summed E-state index contributed by atoms with van der Waals surface area (Å²) in [5, 5.41) is 16.3. The summed E-state index contributed by atoms with van der Waals surface area (Å²) in [6.45, 7) is 0.361. The lowest BCUT2D eigenvalue weighted by Gasteiger charge is -2.09. The first kappa shape index (κ1) is 15.8. The van der Waals surface area contributed by atoms with Gasteiger partial charge in [0.2, 0.25) is 0 Å². The van der Waals surface area contributed by atoms with E-state index in [1.54, 1.807) is 0 Å². The van der Waals surface area contributed by atoms with Gasteiger partial charge < -0.3 is 15.7 Å². The van der Waals surface area contributed by atoms with Crippen LogP contribution in [0.4, 0.5) is 10.5 Å². The van der Waals surface area contributed by atoms with Crippen LogP contribution in [-0.2, 0) is 6.54 Å². The predicted octanol–water partition coefficient (Wildman–Crippen LogP) is 4.18. The minimum Gasteiger partial charge on any atom is -0.478 e. The van der Waals surface area contributed by atoms with Gasteiger partial charge in [0, 0.05) is 9.35 Å². The first-order valence-electron chi connectivity index (χ1n) is 5.77. The number of thiophene rings is 1. The van der Waals surface area contributed by atoms with Crippen molar-refractivity contribution in [3.63, 3.8) is 0 Å². The van der Waals surface area contributed by atoms with E-state index in [4.69, 9.17) is 16.7 Å². The summed E-state index contributed by atoms with van der Waals surface area (Å²) in [6, 6.07) is 5.55. The molecule has 1 aromatic heterocycles. The Morgan fingerprint density at radius 1 is 1.33 bits per heavy atom. The van der Waals surface area contributed by atoms with E-state index in [0.717, 1.165) is 9.35 Å². The van der Waals surface area contributed by atoms with Gasteiger partial charge in [-0.05, 0) is 45.6 Å². The lowest BCUT2D eigenvalue weighted by molar-refractivity contribution is 0.0697. The molecular formula is C13H10BrClN2O3S. The second-order valence-corrected chi connectivity index (χ2v) is 6.26. The number of benzene rings is 1. The third kappa shape index (κ3) is 4.20. The van der Waals surface area contributed by atoms with Gasteiger partial charge in [0.15, 0.2) is 0 Å². The molecule has 5 nitrogen and oxygen atoms in total. The Bertz CT molecular complexity index is 690. The Balaban J connectivity index is 2.01. The lowest BCUT2D eigenvalue weighted by Crippen LogP contribution is -2.28. The Kier molecular flexibility index (Phi) is 5.22. The molecule has 0 aliphatic rings. The molecule has 0 aliphatic carbocycles. The zero-order chi connectivity index (χ0) is 15.4. The summed E-state index contributed by atoms with van der Waals surface area (Å²) in [5.41, 5.74) is 0.301. The van der Waals surface area contributed by atoms with Crippen LogP contribution in [0.5, 0.6) is 0 Å². The summed E-state index contributed by atoms with van der Waals surface area (Å²) in [7, 11) is 0. The van der Waals surface area contributed by atoms with Gasteiger partial charge in [-0.25, -0.2) is 9.59 Å². The molecule has 8 heteroatoms. The first-order chi connectivity index (χ1) is 9.97. The molecule has 0 bridgehead atoms. The predicted molar refractivity (Wildman–Crippen MR) is 86.3 cm³/mol. The monoisotopic (exact) mass is 388 g/mol. The number of carbonyl (C=O) groups is 2. The van der Waals surface area contributed by atoms with Gasteiger partial charge in [-0.2, -0.15) is 0 Å². The molecule has 0 saturated heterocycles. The van der Waals surface area contributed by atoms with E-state index in [2.05, 4.69) is 26.6 Å². The normalized spacial score (nSPS) is 10.2. The maximum atomic E-state index is 11.8. The highest BCUT2D eigenvalue weighted by Crippen LogP contribution is 2.24. The molecule has 0 atom stereocenters. The summed E-state index contributed by atoms with van der Waals surface area (Å²) in [6.07, 6.45) is 0. The Morgan fingerprint density at radius 3 is 2.71 bits per heavy atom. The highest BCUT2D eigenvalue weighted by molar-refractivity contribution is 9.10. The summed E-state index contributed by atoms with van der Waals surface area (Å²) in [4.78, 5) is 23.7. The average Bonchev–Trinajstić information content (AvgIpc) is 2.84. The Hall–Kier alpha value is -1.57. The number of halogens is 2. The van der Waals surface area contributed by atoms with Crippen LogP contribution in [0.3, 0.4) is 0 Å². The number of urea groups is 1.